The first-order valence-corrected chi connectivity index (χ1v) is 20.7. The summed E-state index contributed by atoms with van der Waals surface area (Å²) in [7, 11) is 0. The van der Waals surface area contributed by atoms with Crippen molar-refractivity contribution < 1.29 is 28.5 Å². The van der Waals surface area contributed by atoms with Crippen LogP contribution in [0, 0.1) is 11.8 Å². The average molecular weight is 665 g/mol. The average Bonchev–Trinajstić information content (AvgIpc) is 4.01. The SMILES string of the molecule is CCCCCCCCC1OC1C(CCCCCC)C(=O)OCCCCCOC(=O)C(CCCCCC)C1OC1CCCCCCCC. The molecule has 2 heterocycles. The number of hydrogen-bond donors (Lipinski definition) is 0. The highest BCUT2D eigenvalue weighted by Gasteiger charge is 2.48. The molecule has 0 aromatic heterocycles. The van der Waals surface area contributed by atoms with Crippen LogP contribution in [0.3, 0.4) is 0 Å². The number of epoxide rings is 2. The second kappa shape index (κ2) is 27.7. The third-order valence-corrected chi connectivity index (χ3v) is 10.3. The monoisotopic (exact) mass is 665 g/mol. The molecule has 6 atom stereocenters. The van der Waals surface area contributed by atoms with Gasteiger partial charge in [0.2, 0.25) is 0 Å². The molecule has 6 unspecified atom stereocenters. The van der Waals surface area contributed by atoms with E-state index < -0.39 is 0 Å². The first kappa shape index (κ1) is 42.0. The van der Waals surface area contributed by atoms with Crippen molar-refractivity contribution in [1.29, 1.82) is 0 Å². The molecule has 0 aliphatic carbocycles. The molecule has 0 bridgehead atoms. The number of unbranched alkanes of at least 4 members (excludes halogenated alkanes) is 18. The van der Waals surface area contributed by atoms with Gasteiger partial charge in [0.25, 0.3) is 0 Å². The molecular formula is C41H76O6. The summed E-state index contributed by atoms with van der Waals surface area (Å²) < 4.78 is 23.6. The molecule has 6 nitrogen and oxygen atoms in total. The first-order chi connectivity index (χ1) is 23.1. The Bertz CT molecular complexity index is 709. The van der Waals surface area contributed by atoms with Crippen LogP contribution in [0.2, 0.25) is 0 Å². The molecule has 276 valence electrons. The topological polar surface area (TPSA) is 77.7 Å². The van der Waals surface area contributed by atoms with Crippen LogP contribution in [0.4, 0.5) is 0 Å². The second-order valence-corrected chi connectivity index (χ2v) is 14.7. The summed E-state index contributed by atoms with van der Waals surface area (Å²) in [5, 5.41) is 0. The third kappa shape index (κ3) is 19.6. The van der Waals surface area contributed by atoms with Crippen LogP contribution in [0.1, 0.15) is 201 Å². The Balaban J connectivity index is 1.64. The van der Waals surface area contributed by atoms with Crippen LogP contribution < -0.4 is 0 Å². The Morgan fingerprint density at radius 2 is 0.766 bits per heavy atom. The van der Waals surface area contributed by atoms with Crippen LogP contribution >= 0.6 is 0 Å². The molecule has 0 amide bonds. The Labute approximate surface area is 290 Å². The fourth-order valence-electron chi connectivity index (χ4n) is 7.09. The molecule has 0 radical (unpaired) electrons. The predicted octanol–water partition coefficient (Wildman–Crippen LogP) is 11.5. The van der Waals surface area contributed by atoms with Gasteiger partial charge in [0.05, 0.1) is 49.5 Å². The van der Waals surface area contributed by atoms with Crippen molar-refractivity contribution >= 4 is 11.9 Å². The Morgan fingerprint density at radius 3 is 1.15 bits per heavy atom. The van der Waals surface area contributed by atoms with Crippen molar-refractivity contribution in [2.24, 2.45) is 11.8 Å². The molecule has 0 spiro atoms. The van der Waals surface area contributed by atoms with E-state index in [0.29, 0.717) is 13.2 Å². The molecule has 2 fully saturated rings. The number of carbonyl (C=O) groups is 2. The standard InChI is InChI=1S/C41H76O6/c1-5-9-13-17-19-24-30-36-38(46-36)34(28-22-15-11-7-3)40(42)44-32-26-21-27-33-45-41(43)35(29-23-16-12-8-4)39-37(47-39)31-25-20-18-14-10-6-2/h34-39H,5-33H2,1-4H3. The molecule has 2 aliphatic rings. The van der Waals surface area contributed by atoms with Gasteiger partial charge in [0.1, 0.15) is 0 Å². The van der Waals surface area contributed by atoms with Crippen LogP contribution in [0.5, 0.6) is 0 Å². The van der Waals surface area contributed by atoms with Gasteiger partial charge in [0, 0.05) is 0 Å². The van der Waals surface area contributed by atoms with E-state index in [1.54, 1.807) is 0 Å². The Morgan fingerprint density at radius 1 is 0.447 bits per heavy atom. The molecule has 6 heteroatoms. The minimum Gasteiger partial charge on any atom is -0.465 e. The summed E-state index contributed by atoms with van der Waals surface area (Å²) in [6.45, 7) is 9.81. The smallest absolute Gasteiger partial charge is 0.311 e. The minimum absolute atomic E-state index is 0.0509. The maximum Gasteiger partial charge on any atom is 0.311 e. The van der Waals surface area contributed by atoms with E-state index in [1.807, 2.05) is 0 Å². The zero-order valence-electron chi connectivity index (χ0n) is 31.4. The van der Waals surface area contributed by atoms with E-state index in [9.17, 15) is 9.59 Å². The van der Waals surface area contributed by atoms with Crippen molar-refractivity contribution in [3.63, 3.8) is 0 Å². The second-order valence-electron chi connectivity index (χ2n) is 14.7. The summed E-state index contributed by atoms with van der Waals surface area (Å²) in [5.74, 6) is -0.396. The number of hydrogen-bond acceptors (Lipinski definition) is 6. The number of carbonyl (C=O) groups excluding carboxylic acids is 2. The van der Waals surface area contributed by atoms with Gasteiger partial charge < -0.3 is 18.9 Å². The van der Waals surface area contributed by atoms with E-state index in [2.05, 4.69) is 27.7 Å². The molecular weight excluding hydrogens is 588 g/mol. The fraction of sp³-hybridized carbons (Fsp3) is 0.951. The number of esters is 2. The van der Waals surface area contributed by atoms with Crippen molar-refractivity contribution in [2.45, 2.75) is 225 Å². The summed E-state index contributed by atoms with van der Waals surface area (Å²) in [5.41, 5.74) is 0. The summed E-state index contributed by atoms with van der Waals surface area (Å²) in [4.78, 5) is 26.2. The van der Waals surface area contributed by atoms with Crippen LogP contribution in [-0.2, 0) is 28.5 Å². The lowest BCUT2D eigenvalue weighted by Gasteiger charge is -2.15. The third-order valence-electron chi connectivity index (χ3n) is 10.3. The van der Waals surface area contributed by atoms with E-state index in [0.717, 1.165) is 57.8 Å². The van der Waals surface area contributed by atoms with Gasteiger partial charge in [-0.15, -0.1) is 0 Å². The number of rotatable bonds is 34. The van der Waals surface area contributed by atoms with Gasteiger partial charge in [-0.2, -0.15) is 0 Å². The van der Waals surface area contributed by atoms with Crippen LogP contribution in [-0.4, -0.2) is 49.6 Å². The molecule has 0 aromatic rings. The maximum absolute atomic E-state index is 13.1. The summed E-state index contributed by atoms with van der Waals surface area (Å²) in [6, 6.07) is 0. The molecule has 47 heavy (non-hydrogen) atoms. The molecule has 2 saturated heterocycles. The van der Waals surface area contributed by atoms with Gasteiger partial charge in [-0.1, -0.05) is 156 Å². The Kier molecular flexibility index (Phi) is 24.7. The van der Waals surface area contributed by atoms with Crippen molar-refractivity contribution in [1.82, 2.24) is 0 Å². The molecule has 0 N–H and O–H groups in total. The van der Waals surface area contributed by atoms with Crippen LogP contribution in [0.25, 0.3) is 0 Å². The van der Waals surface area contributed by atoms with E-state index in [4.69, 9.17) is 18.9 Å². The lowest BCUT2D eigenvalue weighted by atomic mass is 9.94. The van der Waals surface area contributed by atoms with Gasteiger partial charge in [-0.25, -0.2) is 0 Å². The van der Waals surface area contributed by atoms with E-state index in [-0.39, 0.29) is 48.2 Å². The normalized spacial score (nSPS) is 21.4. The lowest BCUT2D eigenvalue weighted by Crippen LogP contribution is -2.25. The van der Waals surface area contributed by atoms with Gasteiger partial charge in [-0.05, 0) is 44.9 Å². The van der Waals surface area contributed by atoms with Crippen molar-refractivity contribution in [3.05, 3.63) is 0 Å². The quantitative estimate of drug-likeness (QED) is 0.0387. The highest BCUT2D eigenvalue weighted by Crippen LogP contribution is 2.38. The zero-order chi connectivity index (χ0) is 34.0. The largest absolute Gasteiger partial charge is 0.465 e. The van der Waals surface area contributed by atoms with Crippen molar-refractivity contribution in [2.75, 3.05) is 13.2 Å². The first-order valence-electron chi connectivity index (χ1n) is 20.7. The fourth-order valence-corrected chi connectivity index (χ4v) is 7.09. The van der Waals surface area contributed by atoms with E-state index in [1.165, 1.54) is 116 Å². The molecule has 0 aromatic carbocycles. The lowest BCUT2D eigenvalue weighted by molar-refractivity contribution is -0.150. The zero-order valence-corrected chi connectivity index (χ0v) is 31.4. The molecule has 2 aliphatic heterocycles. The van der Waals surface area contributed by atoms with Gasteiger partial charge in [-0.3, -0.25) is 9.59 Å². The van der Waals surface area contributed by atoms with Crippen molar-refractivity contribution in [3.8, 4) is 0 Å². The highest BCUT2D eigenvalue weighted by atomic mass is 16.6. The Hall–Kier alpha value is -1.14. The minimum atomic E-state index is -0.123. The van der Waals surface area contributed by atoms with Crippen LogP contribution in [0.15, 0.2) is 0 Å². The highest BCUT2D eigenvalue weighted by molar-refractivity contribution is 5.74. The molecule has 2 rings (SSSR count). The maximum atomic E-state index is 13.1. The van der Waals surface area contributed by atoms with Gasteiger partial charge >= 0.3 is 11.9 Å². The number of ether oxygens (including phenoxy) is 4. The van der Waals surface area contributed by atoms with E-state index >= 15 is 0 Å². The predicted molar refractivity (Wildman–Crippen MR) is 194 cm³/mol. The van der Waals surface area contributed by atoms with Gasteiger partial charge in [0.15, 0.2) is 0 Å². The molecule has 0 saturated carbocycles. The summed E-state index contributed by atoms with van der Waals surface area (Å²) >= 11 is 0. The summed E-state index contributed by atoms with van der Waals surface area (Å²) in [6.07, 6.45) is 31.6.